The smallest absolute Gasteiger partial charge is 0.463 e. The van der Waals surface area contributed by atoms with Gasteiger partial charge in [-0.15, -0.1) is 0 Å². The summed E-state index contributed by atoms with van der Waals surface area (Å²) in [5.41, 5.74) is 0. The van der Waals surface area contributed by atoms with E-state index in [1.54, 1.807) is 0 Å². The van der Waals surface area contributed by atoms with Crippen LogP contribution in [-0.2, 0) is 42.3 Å². The first-order chi connectivity index (χ1) is 19.1. The number of allylic oxidation sites excluding steroid dienone is 2. The lowest BCUT2D eigenvalue weighted by atomic mass is 10.1. The molecule has 2 atom stereocenters. The van der Waals surface area contributed by atoms with E-state index in [9.17, 15) is 9.59 Å². The van der Waals surface area contributed by atoms with Crippen molar-refractivity contribution >= 4 is 26.6 Å². The monoisotopic (exact) mass is 552 g/mol. The first-order valence-electron chi connectivity index (χ1n) is 15.3. The molecule has 0 N–H and O–H groups in total. The van der Waals surface area contributed by atoms with Gasteiger partial charge in [0.25, 0.3) is 0 Å². The van der Waals surface area contributed by atoms with E-state index < -0.39 is 26.9 Å². The van der Waals surface area contributed by atoms with Crippen molar-refractivity contribution in [3.63, 3.8) is 0 Å². The lowest BCUT2D eigenvalue weighted by molar-refractivity contribution is -0.146. The summed E-state index contributed by atoms with van der Waals surface area (Å²) < 4.78 is 37.9. The van der Waals surface area contributed by atoms with Crippen LogP contribution in [0.2, 0.25) is 0 Å². The molecule has 0 radical (unpaired) electrons. The highest BCUT2D eigenvalue weighted by molar-refractivity contribution is 6.52. The Bertz CT molecular complexity index is 679. The van der Waals surface area contributed by atoms with Gasteiger partial charge in [-0.1, -0.05) is 77.4 Å². The van der Waals surface area contributed by atoms with Gasteiger partial charge in [-0.3, -0.25) is 9.59 Å². The van der Waals surface area contributed by atoms with Crippen LogP contribution in [0.3, 0.4) is 0 Å². The van der Waals surface area contributed by atoms with Crippen molar-refractivity contribution in [2.75, 3.05) is 26.4 Å². The van der Waals surface area contributed by atoms with E-state index in [0.717, 1.165) is 32.1 Å². The van der Waals surface area contributed by atoms with E-state index in [1.807, 2.05) is 6.92 Å². The second-order valence-electron chi connectivity index (χ2n) is 10.3. The molecule has 0 amide bonds. The number of hydrogen-bond acceptors (Lipinski definition) is 9. The molecule has 0 aromatic rings. The topological polar surface area (TPSA) is 98.8 Å². The Morgan fingerprint density at radius 3 is 1.69 bits per heavy atom. The molecule has 9 nitrogen and oxygen atoms in total. The van der Waals surface area contributed by atoms with Gasteiger partial charge < -0.3 is 32.7 Å². The molecule has 0 aromatic heterocycles. The minimum atomic E-state index is -0.967. The van der Waals surface area contributed by atoms with Gasteiger partial charge >= 0.3 is 26.6 Å². The molecule has 0 bridgehead atoms. The van der Waals surface area contributed by atoms with E-state index in [4.69, 9.17) is 32.7 Å². The summed E-state index contributed by atoms with van der Waals surface area (Å²) in [7, 11) is -1.93. The van der Waals surface area contributed by atoms with Gasteiger partial charge in [-0.2, -0.15) is 0 Å². The molecule has 2 fully saturated rings. The molecule has 2 aliphatic heterocycles. The summed E-state index contributed by atoms with van der Waals surface area (Å²) in [6.07, 6.45) is 21.3. The molecular formula is C28H50B2O9. The van der Waals surface area contributed by atoms with E-state index in [1.165, 1.54) is 57.8 Å². The number of rotatable bonds is 23. The molecule has 2 heterocycles. The van der Waals surface area contributed by atoms with Crippen molar-refractivity contribution < 1.29 is 42.3 Å². The number of unbranched alkanes of at least 4 members (excludes halogenated alkanes) is 11. The predicted octanol–water partition coefficient (Wildman–Crippen LogP) is 5.73. The molecule has 222 valence electrons. The third kappa shape index (κ3) is 17.1. The molecule has 0 aliphatic carbocycles. The normalized spacial score (nSPS) is 19.3. The minimum Gasteiger partial charge on any atom is -0.463 e. The van der Waals surface area contributed by atoms with Gasteiger partial charge in [-0.05, 0) is 38.5 Å². The standard InChI is InChI=1S/C28H50B2O9/c1-3-5-6-7-8-9-10-11-12-13-14-15-16-17-18-20-28(32)34-22-26-24-36-30(38-26)39-29-35-23-25(37-29)21-33-27(31)19-4-2/h11-12,25-26H,3-10,13-24H2,1-2H3/b12-11-. The Morgan fingerprint density at radius 1 is 0.667 bits per heavy atom. The molecule has 11 heteroatoms. The fourth-order valence-corrected chi connectivity index (χ4v) is 4.31. The lowest BCUT2D eigenvalue weighted by Crippen LogP contribution is -2.34. The van der Waals surface area contributed by atoms with Crippen LogP contribution in [0.4, 0.5) is 0 Å². The number of esters is 2. The van der Waals surface area contributed by atoms with Crippen LogP contribution in [0.5, 0.6) is 0 Å². The fraction of sp³-hybridized carbons (Fsp3) is 0.857. The van der Waals surface area contributed by atoms with Crippen molar-refractivity contribution in [3.8, 4) is 0 Å². The van der Waals surface area contributed by atoms with Crippen LogP contribution in [0, 0.1) is 0 Å². The highest BCUT2D eigenvalue weighted by Crippen LogP contribution is 2.17. The van der Waals surface area contributed by atoms with Crippen molar-refractivity contribution in [1.82, 2.24) is 0 Å². The third-order valence-corrected chi connectivity index (χ3v) is 6.62. The number of carbonyl (C=O) groups excluding carboxylic acids is 2. The third-order valence-electron chi connectivity index (χ3n) is 6.62. The average molecular weight is 552 g/mol. The molecule has 0 spiro atoms. The Hall–Kier alpha value is -1.39. The van der Waals surface area contributed by atoms with Crippen LogP contribution in [0.25, 0.3) is 0 Å². The maximum atomic E-state index is 12.0. The summed E-state index contributed by atoms with van der Waals surface area (Å²) in [5.74, 6) is -0.480. The van der Waals surface area contributed by atoms with Gasteiger partial charge in [-0.25, -0.2) is 0 Å². The Kier molecular flexibility index (Phi) is 19.3. The Morgan fingerprint density at radius 2 is 1.15 bits per heavy atom. The molecule has 0 aromatic carbocycles. The highest BCUT2D eigenvalue weighted by atomic mass is 16.8. The average Bonchev–Trinajstić information content (AvgIpc) is 3.58. The first kappa shape index (κ1) is 33.8. The highest BCUT2D eigenvalue weighted by Gasteiger charge is 2.43. The molecule has 2 saturated heterocycles. The lowest BCUT2D eigenvalue weighted by Gasteiger charge is -2.12. The van der Waals surface area contributed by atoms with Gasteiger partial charge in [0.1, 0.15) is 25.4 Å². The zero-order valence-corrected chi connectivity index (χ0v) is 24.3. The zero-order valence-electron chi connectivity index (χ0n) is 24.3. The summed E-state index contributed by atoms with van der Waals surface area (Å²) in [5, 5.41) is 0. The number of hydrogen-bond donors (Lipinski definition) is 0. The quantitative estimate of drug-likeness (QED) is 0.0682. The molecule has 2 aliphatic rings. The van der Waals surface area contributed by atoms with Crippen LogP contribution < -0.4 is 0 Å². The summed E-state index contributed by atoms with van der Waals surface area (Å²) >= 11 is 0. The van der Waals surface area contributed by atoms with Crippen LogP contribution in [-0.4, -0.2) is 65.2 Å². The van der Waals surface area contributed by atoms with Crippen molar-refractivity contribution in [3.05, 3.63) is 12.2 Å². The van der Waals surface area contributed by atoms with Gasteiger partial charge in [0.05, 0.1) is 13.2 Å². The summed E-state index contributed by atoms with van der Waals surface area (Å²) in [6.45, 7) is 4.89. The summed E-state index contributed by atoms with van der Waals surface area (Å²) in [6, 6.07) is 0. The zero-order chi connectivity index (χ0) is 28.0. The number of ether oxygens (including phenoxy) is 2. The van der Waals surface area contributed by atoms with Crippen molar-refractivity contribution in [2.24, 2.45) is 0 Å². The molecule has 2 unspecified atom stereocenters. The minimum absolute atomic E-state index is 0.111. The van der Waals surface area contributed by atoms with E-state index in [2.05, 4.69) is 19.1 Å². The van der Waals surface area contributed by atoms with E-state index >= 15 is 0 Å². The molecule has 2 rings (SSSR count). The van der Waals surface area contributed by atoms with Crippen LogP contribution in [0.15, 0.2) is 12.2 Å². The van der Waals surface area contributed by atoms with Crippen molar-refractivity contribution in [2.45, 2.75) is 129 Å². The maximum Gasteiger partial charge on any atom is 0.627 e. The maximum absolute atomic E-state index is 12.0. The molecule has 0 saturated carbocycles. The molecular weight excluding hydrogens is 502 g/mol. The largest absolute Gasteiger partial charge is 0.627 e. The number of carbonyl (C=O) groups is 2. The first-order valence-corrected chi connectivity index (χ1v) is 15.3. The second kappa shape index (κ2) is 22.3. The van der Waals surface area contributed by atoms with Crippen LogP contribution >= 0.6 is 0 Å². The molecule has 39 heavy (non-hydrogen) atoms. The Balaban J connectivity index is 1.38. The van der Waals surface area contributed by atoms with Gasteiger partial charge in [0.15, 0.2) is 0 Å². The van der Waals surface area contributed by atoms with Crippen molar-refractivity contribution in [1.29, 1.82) is 0 Å². The Labute approximate surface area is 236 Å². The second-order valence-corrected chi connectivity index (χ2v) is 10.3. The van der Waals surface area contributed by atoms with E-state index in [0.29, 0.717) is 12.8 Å². The van der Waals surface area contributed by atoms with Gasteiger partial charge in [0, 0.05) is 12.8 Å². The van der Waals surface area contributed by atoms with E-state index in [-0.39, 0.29) is 38.4 Å². The fourth-order valence-electron chi connectivity index (χ4n) is 4.31. The predicted molar refractivity (Wildman–Crippen MR) is 151 cm³/mol. The van der Waals surface area contributed by atoms with Gasteiger partial charge in [0.2, 0.25) is 0 Å². The van der Waals surface area contributed by atoms with Crippen LogP contribution in [0.1, 0.15) is 117 Å². The summed E-state index contributed by atoms with van der Waals surface area (Å²) in [4.78, 5) is 23.5. The SMILES string of the molecule is CCCCCCCC/C=C\CCCCCCCC(=O)OCC1COB(OB2OCC(COC(=O)CCC)O2)O1.